The topological polar surface area (TPSA) is 70.4 Å². The first-order valence-corrected chi connectivity index (χ1v) is 13.4. The van der Waals surface area contributed by atoms with Gasteiger partial charge < -0.3 is 10.4 Å². The number of nitrogens with zero attached hydrogens (tertiary/aromatic N) is 3. The van der Waals surface area contributed by atoms with Crippen molar-refractivity contribution in [2.24, 2.45) is 0 Å². The number of hydrogen-bond acceptors (Lipinski definition) is 3. The molecule has 0 saturated heterocycles. The molecule has 1 heterocycles. The van der Waals surface area contributed by atoms with Crippen LogP contribution in [0.5, 0.6) is 0 Å². The Labute approximate surface area is 227 Å². The summed E-state index contributed by atoms with van der Waals surface area (Å²) in [5, 5.41) is 18.8. The van der Waals surface area contributed by atoms with Gasteiger partial charge in [-0.25, -0.2) is 13.9 Å². The molecule has 3 aromatic carbocycles. The van der Waals surface area contributed by atoms with E-state index in [1.54, 1.807) is 33.8 Å². The summed E-state index contributed by atoms with van der Waals surface area (Å²) in [6, 6.07) is 19.3. The van der Waals surface area contributed by atoms with Gasteiger partial charge in [0.25, 0.3) is 0 Å². The minimum absolute atomic E-state index is 0.0643. The quantitative estimate of drug-likeness (QED) is 0.270. The van der Waals surface area contributed by atoms with E-state index in [0.29, 0.717) is 16.4 Å². The number of aliphatic hydroxyl groups is 1. The van der Waals surface area contributed by atoms with Crippen molar-refractivity contribution in [3.63, 3.8) is 0 Å². The Morgan fingerprint density at radius 3 is 2.50 bits per heavy atom. The summed E-state index contributed by atoms with van der Waals surface area (Å²) < 4.78 is 17.0. The first kappa shape index (κ1) is 26.2. The molecule has 0 atom stereocenters. The van der Waals surface area contributed by atoms with E-state index in [-0.39, 0.29) is 18.3 Å². The molecule has 198 valence electrons. The zero-order chi connectivity index (χ0) is 26.9. The fraction of sp³-hybridized carbons (Fsp3) is 0.333. The lowest BCUT2D eigenvalue weighted by Crippen LogP contribution is -2.45. The monoisotopic (exact) mass is 534 g/mol. The zero-order valence-electron chi connectivity index (χ0n) is 21.6. The number of anilines is 2. The van der Waals surface area contributed by atoms with Gasteiger partial charge in [-0.15, -0.1) is 0 Å². The van der Waals surface area contributed by atoms with Crippen LogP contribution in [0.4, 0.5) is 20.7 Å². The molecule has 1 saturated carbocycles. The Balaban J connectivity index is 1.59. The molecule has 2 amide bonds. The molecule has 1 aliphatic rings. The molecular formula is C30H32ClFN4O2. The van der Waals surface area contributed by atoms with Crippen LogP contribution in [0.3, 0.4) is 0 Å². The average Bonchev–Trinajstić information content (AvgIpc) is 3.30. The van der Waals surface area contributed by atoms with Gasteiger partial charge in [-0.2, -0.15) is 5.10 Å². The van der Waals surface area contributed by atoms with Crippen molar-refractivity contribution < 1.29 is 14.3 Å². The molecule has 0 spiro atoms. The van der Waals surface area contributed by atoms with Gasteiger partial charge in [0, 0.05) is 21.9 Å². The van der Waals surface area contributed by atoms with Crippen molar-refractivity contribution in [3.05, 3.63) is 83.1 Å². The Bertz CT molecular complexity index is 1440. The summed E-state index contributed by atoms with van der Waals surface area (Å²) in [6.07, 6.45) is 4.85. The number of carbonyl (C=O) groups excluding carboxylic acids is 1. The Hall–Kier alpha value is -3.42. The van der Waals surface area contributed by atoms with Crippen molar-refractivity contribution in [2.75, 3.05) is 16.8 Å². The predicted octanol–water partition coefficient (Wildman–Crippen LogP) is 7.46. The molecule has 0 aliphatic heterocycles. The number of benzene rings is 3. The molecule has 0 bridgehead atoms. The minimum atomic E-state index is -0.596. The van der Waals surface area contributed by atoms with Crippen LogP contribution < -0.4 is 10.2 Å². The highest BCUT2D eigenvalue weighted by Crippen LogP contribution is 2.36. The SMILES string of the molecule is CC(C)(CO)c1ccc(NC(=O)N(c2c3ccccc3nn2-c2ccc(Cl)cc2)C2CCCCC2)c(F)c1. The third-order valence-corrected chi connectivity index (χ3v) is 7.65. The first-order chi connectivity index (χ1) is 18.3. The van der Waals surface area contributed by atoms with Crippen molar-refractivity contribution in [1.29, 1.82) is 0 Å². The fourth-order valence-corrected chi connectivity index (χ4v) is 5.22. The van der Waals surface area contributed by atoms with E-state index in [0.717, 1.165) is 48.7 Å². The number of fused-ring (bicyclic) bond motifs is 1. The summed E-state index contributed by atoms with van der Waals surface area (Å²) in [4.78, 5) is 15.8. The summed E-state index contributed by atoms with van der Waals surface area (Å²) in [6.45, 7) is 3.57. The summed E-state index contributed by atoms with van der Waals surface area (Å²) in [7, 11) is 0. The van der Waals surface area contributed by atoms with E-state index in [4.69, 9.17) is 16.7 Å². The van der Waals surface area contributed by atoms with Crippen LogP contribution in [-0.4, -0.2) is 33.6 Å². The van der Waals surface area contributed by atoms with Gasteiger partial charge in [0.15, 0.2) is 0 Å². The number of amides is 2. The van der Waals surface area contributed by atoms with Gasteiger partial charge in [-0.1, -0.05) is 62.9 Å². The molecule has 0 unspecified atom stereocenters. The highest BCUT2D eigenvalue weighted by molar-refractivity contribution is 6.30. The summed E-state index contributed by atoms with van der Waals surface area (Å²) in [5.74, 6) is 0.0998. The number of hydrogen-bond donors (Lipinski definition) is 2. The summed E-state index contributed by atoms with van der Waals surface area (Å²) in [5.41, 5.74) is 1.69. The molecule has 1 aliphatic carbocycles. The number of aromatic nitrogens is 2. The van der Waals surface area contributed by atoms with Crippen LogP contribution in [0.25, 0.3) is 16.6 Å². The van der Waals surface area contributed by atoms with E-state index in [9.17, 15) is 9.90 Å². The van der Waals surface area contributed by atoms with Gasteiger partial charge in [-0.3, -0.25) is 4.90 Å². The molecule has 1 aromatic heterocycles. The van der Waals surface area contributed by atoms with Crippen molar-refractivity contribution in [2.45, 2.75) is 57.4 Å². The molecule has 0 radical (unpaired) electrons. The Kier molecular flexibility index (Phi) is 7.41. The molecule has 6 nitrogen and oxygen atoms in total. The highest BCUT2D eigenvalue weighted by Gasteiger charge is 2.32. The molecule has 2 N–H and O–H groups in total. The molecule has 1 fully saturated rings. The van der Waals surface area contributed by atoms with Crippen LogP contribution in [-0.2, 0) is 5.41 Å². The fourth-order valence-electron chi connectivity index (χ4n) is 5.09. The molecular weight excluding hydrogens is 503 g/mol. The smallest absolute Gasteiger partial charge is 0.327 e. The normalized spacial score (nSPS) is 14.6. The maximum absolute atomic E-state index is 15.2. The van der Waals surface area contributed by atoms with Crippen LogP contribution in [0.1, 0.15) is 51.5 Å². The van der Waals surface area contributed by atoms with Crippen molar-refractivity contribution in [3.8, 4) is 5.69 Å². The zero-order valence-corrected chi connectivity index (χ0v) is 22.4. The van der Waals surface area contributed by atoms with E-state index >= 15 is 4.39 Å². The molecule has 38 heavy (non-hydrogen) atoms. The maximum Gasteiger partial charge on any atom is 0.327 e. The van der Waals surface area contributed by atoms with Gasteiger partial charge in [0.1, 0.15) is 11.6 Å². The second kappa shape index (κ2) is 10.8. The van der Waals surface area contributed by atoms with Crippen LogP contribution in [0.15, 0.2) is 66.7 Å². The third kappa shape index (κ3) is 5.13. The second-order valence-corrected chi connectivity index (χ2v) is 11.0. The molecule has 5 rings (SSSR count). The molecule has 4 aromatic rings. The van der Waals surface area contributed by atoms with Gasteiger partial charge in [-0.05, 0) is 66.9 Å². The van der Waals surface area contributed by atoms with E-state index in [1.807, 2.05) is 50.2 Å². The van der Waals surface area contributed by atoms with Crippen LogP contribution >= 0.6 is 11.6 Å². The number of aliphatic hydroxyl groups excluding tert-OH is 1. The largest absolute Gasteiger partial charge is 0.395 e. The average molecular weight is 535 g/mol. The van der Waals surface area contributed by atoms with Gasteiger partial charge in [0.2, 0.25) is 0 Å². The lowest BCUT2D eigenvalue weighted by atomic mass is 9.85. The van der Waals surface area contributed by atoms with E-state index in [1.165, 1.54) is 6.07 Å². The molecule has 8 heteroatoms. The number of halogens is 2. The highest BCUT2D eigenvalue weighted by atomic mass is 35.5. The lowest BCUT2D eigenvalue weighted by molar-refractivity contribution is 0.218. The van der Waals surface area contributed by atoms with Crippen LogP contribution in [0, 0.1) is 5.82 Å². The summed E-state index contributed by atoms with van der Waals surface area (Å²) >= 11 is 6.15. The predicted molar refractivity (Wildman–Crippen MR) is 151 cm³/mol. The Morgan fingerprint density at radius 1 is 1.11 bits per heavy atom. The second-order valence-electron chi connectivity index (χ2n) is 10.6. The number of carbonyl (C=O) groups is 1. The van der Waals surface area contributed by atoms with Crippen LogP contribution in [0.2, 0.25) is 5.02 Å². The Morgan fingerprint density at radius 2 is 1.82 bits per heavy atom. The third-order valence-electron chi connectivity index (χ3n) is 7.40. The number of urea groups is 1. The minimum Gasteiger partial charge on any atom is -0.395 e. The van der Waals surface area contributed by atoms with E-state index < -0.39 is 17.3 Å². The van der Waals surface area contributed by atoms with Crippen molar-refractivity contribution in [1.82, 2.24) is 9.78 Å². The van der Waals surface area contributed by atoms with Gasteiger partial charge in [0.05, 0.1) is 23.5 Å². The van der Waals surface area contributed by atoms with E-state index in [2.05, 4.69) is 5.32 Å². The number of rotatable bonds is 6. The lowest BCUT2D eigenvalue weighted by Gasteiger charge is -2.34. The van der Waals surface area contributed by atoms with Gasteiger partial charge >= 0.3 is 6.03 Å². The first-order valence-electron chi connectivity index (χ1n) is 13.0. The standard InChI is InChI=1S/C30H32ClFN4O2/c1-30(2,19-37)20-12-17-27(25(32)18-20)33-29(38)35(22-8-4-3-5-9-22)28-24-10-6-7-11-26(24)34-36(28)23-15-13-21(31)14-16-23/h6-7,10-18,22,37H,3-5,8-9,19H2,1-2H3,(H,33,38). The number of nitrogens with one attached hydrogen (secondary N) is 1. The van der Waals surface area contributed by atoms with Crippen molar-refractivity contribution >= 4 is 40.0 Å². The maximum atomic E-state index is 15.2.